The van der Waals surface area contributed by atoms with Crippen molar-refractivity contribution in [3.05, 3.63) is 27.7 Å². The van der Waals surface area contributed by atoms with Crippen LogP contribution in [0.3, 0.4) is 0 Å². The predicted octanol–water partition coefficient (Wildman–Crippen LogP) is 1.61. The Morgan fingerprint density at radius 3 is 2.50 bits per heavy atom. The molecule has 0 fully saturated rings. The highest BCUT2D eigenvalue weighted by Gasteiger charge is 2.13. The number of methoxy groups -OCH3 is 1. The van der Waals surface area contributed by atoms with Gasteiger partial charge in [-0.3, -0.25) is 10.2 Å². The number of hydrogen-bond donors (Lipinski definition) is 2. The number of hydrogen-bond acceptors (Lipinski definition) is 3. The van der Waals surface area contributed by atoms with Crippen LogP contribution in [-0.2, 0) is 0 Å². The summed E-state index contributed by atoms with van der Waals surface area (Å²) in [5.41, 5.74) is 2.22. The van der Waals surface area contributed by atoms with Gasteiger partial charge in [0.05, 0.1) is 22.7 Å². The Balaban J connectivity index is 3.27. The lowest BCUT2D eigenvalue weighted by molar-refractivity contribution is 0.0950. The highest BCUT2D eigenvalue weighted by atomic mass is 35.5. The molecule has 0 radical (unpaired) electrons. The number of benzene rings is 1. The van der Waals surface area contributed by atoms with Crippen LogP contribution in [0.25, 0.3) is 0 Å². The van der Waals surface area contributed by atoms with Crippen molar-refractivity contribution >= 4 is 29.1 Å². The van der Waals surface area contributed by atoms with Gasteiger partial charge in [0.1, 0.15) is 5.75 Å². The van der Waals surface area contributed by atoms with Crippen LogP contribution in [0.5, 0.6) is 5.75 Å². The van der Waals surface area contributed by atoms with E-state index in [1.807, 2.05) is 5.43 Å². The molecular weight excluding hydrogens is 227 g/mol. The number of ether oxygens (including phenoxy) is 1. The summed E-state index contributed by atoms with van der Waals surface area (Å²) in [5, 5.41) is 0.586. The molecule has 14 heavy (non-hydrogen) atoms. The standard InChI is InChI=1S/C8H8Cl2N2O2/c1-14-7-3-6(10)5(9)2-4(7)8(13)12-11/h2-3H,11H2,1H3,(H,12,13). The van der Waals surface area contributed by atoms with Gasteiger partial charge in [-0.25, -0.2) is 5.84 Å². The van der Waals surface area contributed by atoms with Gasteiger partial charge in [-0.05, 0) is 6.07 Å². The van der Waals surface area contributed by atoms with Crippen LogP contribution in [0.1, 0.15) is 10.4 Å². The molecule has 0 aromatic heterocycles. The summed E-state index contributed by atoms with van der Waals surface area (Å²) in [4.78, 5) is 11.2. The van der Waals surface area contributed by atoms with E-state index in [4.69, 9.17) is 33.8 Å². The van der Waals surface area contributed by atoms with E-state index < -0.39 is 5.91 Å². The van der Waals surface area contributed by atoms with Crippen molar-refractivity contribution in [2.45, 2.75) is 0 Å². The molecule has 0 spiro atoms. The van der Waals surface area contributed by atoms with Crippen LogP contribution in [-0.4, -0.2) is 13.0 Å². The lowest BCUT2D eigenvalue weighted by Gasteiger charge is -2.08. The molecule has 3 N–H and O–H groups in total. The van der Waals surface area contributed by atoms with Gasteiger partial charge in [0.2, 0.25) is 0 Å². The van der Waals surface area contributed by atoms with Crippen molar-refractivity contribution in [2.75, 3.05) is 7.11 Å². The fourth-order valence-corrected chi connectivity index (χ4v) is 1.27. The highest BCUT2D eigenvalue weighted by Crippen LogP contribution is 2.30. The number of nitrogens with two attached hydrogens (primary N) is 1. The molecule has 1 rings (SSSR count). The van der Waals surface area contributed by atoms with Crippen LogP contribution < -0.4 is 16.0 Å². The number of hydrazine groups is 1. The fourth-order valence-electron chi connectivity index (χ4n) is 0.953. The molecule has 1 aromatic rings. The van der Waals surface area contributed by atoms with E-state index in [1.54, 1.807) is 0 Å². The summed E-state index contributed by atoms with van der Waals surface area (Å²) >= 11 is 11.5. The van der Waals surface area contributed by atoms with E-state index in [0.717, 1.165) is 0 Å². The van der Waals surface area contributed by atoms with Gasteiger partial charge in [-0.15, -0.1) is 0 Å². The first-order valence-corrected chi connectivity index (χ1v) is 4.39. The summed E-state index contributed by atoms with van der Waals surface area (Å²) in [7, 11) is 1.42. The van der Waals surface area contributed by atoms with Crippen molar-refractivity contribution in [1.29, 1.82) is 0 Å². The number of rotatable bonds is 2. The summed E-state index contributed by atoms with van der Waals surface area (Å²) in [6.45, 7) is 0. The first-order valence-electron chi connectivity index (χ1n) is 3.64. The van der Waals surface area contributed by atoms with Gasteiger partial charge in [0.25, 0.3) is 5.91 Å². The molecule has 76 valence electrons. The topological polar surface area (TPSA) is 64.3 Å². The summed E-state index contributed by atoms with van der Waals surface area (Å²) in [6, 6.07) is 2.85. The Morgan fingerprint density at radius 1 is 1.43 bits per heavy atom. The van der Waals surface area contributed by atoms with Crippen molar-refractivity contribution < 1.29 is 9.53 Å². The minimum absolute atomic E-state index is 0.240. The van der Waals surface area contributed by atoms with Gasteiger partial charge < -0.3 is 4.74 Å². The number of carbonyl (C=O) groups is 1. The zero-order valence-corrected chi connectivity index (χ0v) is 8.82. The summed E-state index contributed by atoms with van der Waals surface area (Å²) < 4.78 is 4.94. The normalized spacial score (nSPS) is 9.71. The molecule has 0 saturated heterocycles. The van der Waals surface area contributed by atoms with E-state index in [-0.39, 0.29) is 10.6 Å². The second-order valence-corrected chi connectivity index (χ2v) is 3.25. The maximum Gasteiger partial charge on any atom is 0.268 e. The Morgan fingerprint density at radius 2 is 2.00 bits per heavy atom. The van der Waals surface area contributed by atoms with Crippen LogP contribution in [0, 0.1) is 0 Å². The van der Waals surface area contributed by atoms with Gasteiger partial charge in [0, 0.05) is 6.07 Å². The summed E-state index contributed by atoms with van der Waals surface area (Å²) in [6.07, 6.45) is 0. The average molecular weight is 235 g/mol. The first-order chi connectivity index (χ1) is 6.60. The molecule has 0 bridgehead atoms. The molecule has 4 nitrogen and oxygen atoms in total. The third-order valence-electron chi connectivity index (χ3n) is 1.62. The molecule has 1 aromatic carbocycles. The quantitative estimate of drug-likeness (QED) is 0.465. The Kier molecular flexibility index (Phi) is 3.57. The first kappa shape index (κ1) is 11.1. The molecule has 0 aliphatic rings. The highest BCUT2D eigenvalue weighted by molar-refractivity contribution is 6.42. The van der Waals surface area contributed by atoms with Gasteiger partial charge in [0.15, 0.2) is 0 Å². The van der Waals surface area contributed by atoms with Crippen molar-refractivity contribution in [3.63, 3.8) is 0 Å². The third-order valence-corrected chi connectivity index (χ3v) is 2.34. The number of halogens is 2. The maximum atomic E-state index is 11.2. The minimum Gasteiger partial charge on any atom is -0.496 e. The lowest BCUT2D eigenvalue weighted by Crippen LogP contribution is -2.30. The number of nitrogen functional groups attached to an aromatic ring is 1. The minimum atomic E-state index is -0.486. The van der Waals surface area contributed by atoms with Gasteiger partial charge >= 0.3 is 0 Å². The van der Waals surface area contributed by atoms with E-state index in [2.05, 4.69) is 0 Å². The zero-order chi connectivity index (χ0) is 10.7. The van der Waals surface area contributed by atoms with Crippen LogP contribution >= 0.6 is 23.2 Å². The predicted molar refractivity (Wildman–Crippen MR) is 54.7 cm³/mol. The third kappa shape index (κ3) is 2.09. The van der Waals surface area contributed by atoms with Crippen LogP contribution in [0.2, 0.25) is 10.0 Å². The molecule has 1 amide bonds. The van der Waals surface area contributed by atoms with E-state index in [9.17, 15) is 4.79 Å². The average Bonchev–Trinajstić information content (AvgIpc) is 2.20. The van der Waals surface area contributed by atoms with E-state index >= 15 is 0 Å². The van der Waals surface area contributed by atoms with Crippen molar-refractivity contribution in [3.8, 4) is 5.75 Å². The molecule has 0 unspecified atom stereocenters. The molecule has 6 heteroatoms. The number of carbonyl (C=O) groups excluding carboxylic acids is 1. The monoisotopic (exact) mass is 234 g/mol. The molecule has 0 aliphatic heterocycles. The molecule has 0 saturated carbocycles. The largest absolute Gasteiger partial charge is 0.496 e. The van der Waals surface area contributed by atoms with Crippen molar-refractivity contribution in [1.82, 2.24) is 5.43 Å². The Bertz CT molecular complexity index is 369. The van der Waals surface area contributed by atoms with Gasteiger partial charge in [-0.2, -0.15) is 0 Å². The van der Waals surface area contributed by atoms with Crippen LogP contribution in [0.4, 0.5) is 0 Å². The Hall–Kier alpha value is -0.970. The smallest absolute Gasteiger partial charge is 0.268 e. The lowest BCUT2D eigenvalue weighted by atomic mass is 10.2. The maximum absolute atomic E-state index is 11.2. The van der Waals surface area contributed by atoms with E-state index in [1.165, 1.54) is 19.2 Å². The number of amides is 1. The number of nitrogens with one attached hydrogen (secondary N) is 1. The molecule has 0 aliphatic carbocycles. The molecule has 0 heterocycles. The molecule has 0 atom stereocenters. The second-order valence-electron chi connectivity index (χ2n) is 2.44. The molecular formula is C8H8Cl2N2O2. The van der Waals surface area contributed by atoms with Crippen molar-refractivity contribution in [2.24, 2.45) is 5.84 Å². The fraction of sp³-hybridized carbons (Fsp3) is 0.125. The van der Waals surface area contributed by atoms with E-state index in [0.29, 0.717) is 10.8 Å². The summed E-state index contributed by atoms with van der Waals surface area (Å²) in [5.74, 6) is 4.82. The van der Waals surface area contributed by atoms with Gasteiger partial charge in [-0.1, -0.05) is 23.2 Å². The SMILES string of the molecule is COc1cc(Cl)c(Cl)cc1C(=O)NN. The zero-order valence-electron chi connectivity index (χ0n) is 7.30. The second kappa shape index (κ2) is 4.50. The Labute approximate surface area is 90.9 Å². The van der Waals surface area contributed by atoms with Crippen LogP contribution in [0.15, 0.2) is 12.1 Å².